The molecule has 1 fully saturated rings. The molecule has 3 unspecified atom stereocenters. The van der Waals surface area contributed by atoms with Gasteiger partial charge in [0.05, 0.1) is 19.3 Å². The monoisotopic (exact) mass is 598 g/mol. The number of unbranched alkanes of at least 4 members (excludes halogenated alkanes) is 1. The quantitative estimate of drug-likeness (QED) is 0.0582. The molecule has 5 nitrogen and oxygen atoms in total. The number of ketones is 1. The molecule has 0 aromatic carbocycles. The third-order valence-electron chi connectivity index (χ3n) is 9.02. The second kappa shape index (κ2) is 16.0. The van der Waals surface area contributed by atoms with Gasteiger partial charge in [-0.25, -0.2) is 0 Å². The Balaban J connectivity index is 3.39. The van der Waals surface area contributed by atoms with Gasteiger partial charge in [-0.2, -0.15) is 0 Å². The first-order valence-electron chi connectivity index (χ1n) is 17.4. The van der Waals surface area contributed by atoms with Gasteiger partial charge in [-0.15, -0.1) is 0 Å². The molecule has 0 aliphatic heterocycles. The maximum absolute atomic E-state index is 13.0. The molecule has 0 saturated heterocycles. The summed E-state index contributed by atoms with van der Waals surface area (Å²) in [5.74, 6) is -0.439. The lowest BCUT2D eigenvalue weighted by atomic mass is 9.89. The van der Waals surface area contributed by atoms with Crippen LogP contribution in [0.1, 0.15) is 112 Å². The van der Waals surface area contributed by atoms with Gasteiger partial charge in [-0.05, 0) is 80.3 Å². The van der Waals surface area contributed by atoms with E-state index in [1.54, 1.807) is 6.08 Å². The van der Waals surface area contributed by atoms with E-state index in [1.807, 2.05) is 6.08 Å². The van der Waals surface area contributed by atoms with Gasteiger partial charge in [0.1, 0.15) is 0 Å². The molecule has 0 bridgehead atoms. The van der Waals surface area contributed by atoms with Crippen molar-refractivity contribution in [3.8, 4) is 0 Å². The SMILES string of the molecule is [2H]CC([2H])C([2H])C([2H])CC(=O)/C=C/[C@@H]1[C@H](C/C=C\CCCC(=O)OC)[C@@H](O[Si](C)(C)C(C)(C)C)C[C@H]1O[Si](C)(C)C(C)(C)C. The van der Waals surface area contributed by atoms with E-state index >= 15 is 0 Å². The average Bonchev–Trinajstić information content (AvgIpc) is 3.20. The second-order valence-corrected chi connectivity index (χ2v) is 23.7. The second-order valence-electron chi connectivity index (χ2n) is 14.2. The Morgan fingerprint density at radius 1 is 0.925 bits per heavy atom. The predicted octanol–water partition coefficient (Wildman–Crippen LogP) is 9.40. The molecule has 0 spiro atoms. The van der Waals surface area contributed by atoms with Gasteiger partial charge in [-0.1, -0.05) is 79.5 Å². The molecule has 0 aromatic rings. The number of methoxy groups -OCH3 is 1. The molecule has 232 valence electrons. The number of ether oxygens (including phenoxy) is 1. The van der Waals surface area contributed by atoms with Crippen LogP contribution in [0, 0.1) is 11.8 Å². The lowest BCUT2D eigenvalue weighted by Gasteiger charge is -2.40. The molecule has 40 heavy (non-hydrogen) atoms. The zero-order valence-corrected chi connectivity index (χ0v) is 29.3. The highest BCUT2D eigenvalue weighted by Gasteiger charge is 2.50. The van der Waals surface area contributed by atoms with Gasteiger partial charge >= 0.3 is 5.97 Å². The Labute approximate surface area is 254 Å². The summed E-state index contributed by atoms with van der Waals surface area (Å²) in [4.78, 5) is 24.5. The largest absolute Gasteiger partial charge is 0.469 e. The van der Waals surface area contributed by atoms with Crippen molar-refractivity contribution >= 4 is 28.4 Å². The summed E-state index contributed by atoms with van der Waals surface area (Å²) in [5.41, 5.74) is 0. The molecule has 1 aliphatic rings. The highest BCUT2D eigenvalue weighted by atomic mass is 28.4. The van der Waals surface area contributed by atoms with E-state index in [0.717, 1.165) is 25.7 Å². The normalized spacial score (nSPS) is 26.7. The first kappa shape index (κ1) is 30.4. The van der Waals surface area contributed by atoms with Crippen LogP contribution < -0.4 is 0 Å². The van der Waals surface area contributed by atoms with E-state index in [1.165, 1.54) is 7.11 Å². The molecule has 1 aliphatic carbocycles. The van der Waals surface area contributed by atoms with E-state index in [0.29, 0.717) is 6.42 Å². The topological polar surface area (TPSA) is 61.8 Å². The van der Waals surface area contributed by atoms with Crippen molar-refractivity contribution in [3.63, 3.8) is 0 Å². The lowest BCUT2D eigenvalue weighted by Crippen LogP contribution is -2.45. The minimum absolute atomic E-state index is 0.0106. The highest BCUT2D eigenvalue weighted by Crippen LogP contribution is 2.47. The number of carbonyl (C=O) groups is 2. The van der Waals surface area contributed by atoms with Crippen LogP contribution in [0.2, 0.25) is 36.3 Å². The maximum atomic E-state index is 13.0. The van der Waals surface area contributed by atoms with E-state index in [-0.39, 0.29) is 59.2 Å². The van der Waals surface area contributed by atoms with Gasteiger partial charge < -0.3 is 13.6 Å². The molecule has 7 heteroatoms. The van der Waals surface area contributed by atoms with Crippen LogP contribution in [-0.4, -0.2) is 47.7 Å². The summed E-state index contributed by atoms with van der Waals surface area (Å²) in [6, 6.07) is 0. The molecule has 0 aromatic heterocycles. The molecule has 7 atom stereocenters. The Morgan fingerprint density at radius 3 is 2.08 bits per heavy atom. The lowest BCUT2D eigenvalue weighted by molar-refractivity contribution is -0.140. The minimum atomic E-state index is -2.16. The fourth-order valence-electron chi connectivity index (χ4n) is 4.44. The summed E-state index contributed by atoms with van der Waals surface area (Å²) in [6.07, 6.45) is 7.72. The molecule has 0 amide bonds. The van der Waals surface area contributed by atoms with E-state index in [4.69, 9.17) is 19.1 Å². The van der Waals surface area contributed by atoms with Gasteiger partial charge in [0.25, 0.3) is 0 Å². The number of carbonyl (C=O) groups excluding carboxylic acids is 2. The first-order valence-corrected chi connectivity index (χ1v) is 20.7. The predicted molar refractivity (Wildman–Crippen MR) is 174 cm³/mol. The summed E-state index contributed by atoms with van der Waals surface area (Å²) in [7, 11) is -2.88. The van der Waals surface area contributed by atoms with Gasteiger partial charge in [-0.3, -0.25) is 9.59 Å². The van der Waals surface area contributed by atoms with Crippen molar-refractivity contribution in [3.05, 3.63) is 24.3 Å². The summed E-state index contributed by atoms with van der Waals surface area (Å²) in [5, 5.41) is 0.0440. The zero-order valence-electron chi connectivity index (χ0n) is 31.3. The van der Waals surface area contributed by atoms with Crippen molar-refractivity contribution in [1.82, 2.24) is 0 Å². The Morgan fingerprint density at radius 2 is 1.52 bits per heavy atom. The van der Waals surface area contributed by atoms with Crippen LogP contribution in [-0.2, 0) is 23.2 Å². The Bertz CT molecular complexity index is 974. The number of hydrogen-bond acceptors (Lipinski definition) is 5. The fraction of sp³-hybridized carbons (Fsp3) is 0.818. The van der Waals surface area contributed by atoms with Crippen LogP contribution in [0.3, 0.4) is 0 Å². The van der Waals surface area contributed by atoms with Crippen molar-refractivity contribution < 1.29 is 28.7 Å². The van der Waals surface area contributed by atoms with Crippen molar-refractivity contribution in [2.75, 3.05) is 7.11 Å². The van der Waals surface area contributed by atoms with Crippen LogP contribution in [0.5, 0.6) is 0 Å². The Kier molecular flexibility index (Phi) is 12.2. The zero-order chi connectivity index (χ0) is 34.1. The smallest absolute Gasteiger partial charge is 0.305 e. The van der Waals surface area contributed by atoms with Crippen molar-refractivity contribution in [2.24, 2.45) is 11.8 Å². The molecular formula is C33H62O5Si2. The van der Waals surface area contributed by atoms with Gasteiger partial charge in [0.15, 0.2) is 22.4 Å². The van der Waals surface area contributed by atoms with Gasteiger partial charge in [0.2, 0.25) is 0 Å². The number of allylic oxidation sites excluding steroid dienone is 3. The average molecular weight is 599 g/mol. The summed E-state index contributed by atoms with van der Waals surface area (Å²) >= 11 is 0. The highest BCUT2D eigenvalue weighted by molar-refractivity contribution is 6.74. The summed E-state index contributed by atoms with van der Waals surface area (Å²) < 4.78 is 50.4. The van der Waals surface area contributed by atoms with Crippen LogP contribution in [0.4, 0.5) is 0 Å². The standard InChI is InChI=1S/C33H62O5Si2/c1-13-14-17-20-26(34)23-24-28-27(21-18-15-16-19-22-31(35)36-8)29(37-39(9,10)32(2,3)4)25-30(28)38-40(11,12)33(5,6)7/h15,18,23-24,27-30H,13-14,16-17,19-22,25H2,1-12H3/b18-15-,24-23+/t27-,28+,29-,30+/m0/s1/i1D,13D,14D,17D/t13?,14?,17?,27-,28+,29-,30+. The van der Waals surface area contributed by atoms with Gasteiger partial charge in [0, 0.05) is 24.2 Å². The van der Waals surface area contributed by atoms with Crippen LogP contribution in [0.15, 0.2) is 24.3 Å². The van der Waals surface area contributed by atoms with Crippen LogP contribution in [0.25, 0.3) is 0 Å². The number of rotatable bonds is 16. The first-order chi connectivity index (χ1) is 20.1. The molecule has 0 N–H and O–H groups in total. The molecule has 1 saturated carbocycles. The van der Waals surface area contributed by atoms with Crippen LogP contribution >= 0.6 is 0 Å². The molecular weight excluding hydrogens is 533 g/mol. The van der Waals surface area contributed by atoms with E-state index in [9.17, 15) is 9.59 Å². The maximum Gasteiger partial charge on any atom is 0.305 e. The van der Waals surface area contributed by atoms with Crippen molar-refractivity contribution in [1.29, 1.82) is 0 Å². The molecule has 0 heterocycles. The van der Waals surface area contributed by atoms with E-state index in [2.05, 4.69) is 79.9 Å². The molecule has 1 rings (SSSR count). The fourth-order valence-corrected chi connectivity index (χ4v) is 7.18. The number of esters is 1. The third kappa shape index (κ3) is 11.7. The molecule has 0 radical (unpaired) electrons. The minimum Gasteiger partial charge on any atom is -0.469 e. The van der Waals surface area contributed by atoms with E-state index < -0.39 is 35.8 Å². The Hall–Kier alpha value is -1.03. The van der Waals surface area contributed by atoms with Crippen molar-refractivity contribution in [2.45, 2.75) is 155 Å². The third-order valence-corrected chi connectivity index (χ3v) is 18.0. The number of hydrogen-bond donors (Lipinski definition) is 0. The summed E-state index contributed by atoms with van der Waals surface area (Å²) in [6.45, 7) is 22.2.